The van der Waals surface area contributed by atoms with Crippen molar-refractivity contribution < 1.29 is 5.11 Å². The van der Waals surface area contributed by atoms with Gasteiger partial charge in [-0.1, -0.05) is 36.9 Å². The Morgan fingerprint density at radius 3 is 2.88 bits per heavy atom. The third kappa shape index (κ3) is 1.92. The predicted molar refractivity (Wildman–Crippen MR) is 68.2 cm³/mol. The highest BCUT2D eigenvalue weighted by atomic mass is 16.3. The highest BCUT2D eigenvalue weighted by molar-refractivity contribution is 5.86. The standard InChI is InChI=1S/C14H15NO/c1-2-5-12-8-9-15(10-11-16)14-7-4-3-6-13(12)14/h2-9,16H,1,10-11H2/b12-5+. The fourth-order valence-corrected chi connectivity index (χ4v) is 1.88. The van der Waals surface area contributed by atoms with Crippen LogP contribution in [0.25, 0.3) is 5.57 Å². The highest BCUT2D eigenvalue weighted by Crippen LogP contribution is 2.32. The van der Waals surface area contributed by atoms with Crippen LogP contribution in [0.3, 0.4) is 0 Å². The number of para-hydroxylation sites is 1. The van der Waals surface area contributed by atoms with Gasteiger partial charge in [0, 0.05) is 24.0 Å². The molecule has 0 unspecified atom stereocenters. The van der Waals surface area contributed by atoms with E-state index in [2.05, 4.69) is 23.6 Å². The summed E-state index contributed by atoms with van der Waals surface area (Å²) in [5.74, 6) is 0. The van der Waals surface area contributed by atoms with Crippen LogP contribution in [0.15, 0.2) is 55.3 Å². The predicted octanol–water partition coefficient (Wildman–Crippen LogP) is 2.58. The molecule has 1 N–H and O–H groups in total. The maximum Gasteiger partial charge on any atom is 0.0610 e. The fraction of sp³-hybridized carbons (Fsp3) is 0.143. The summed E-state index contributed by atoms with van der Waals surface area (Å²) < 4.78 is 0. The van der Waals surface area contributed by atoms with E-state index in [-0.39, 0.29) is 6.61 Å². The van der Waals surface area contributed by atoms with Gasteiger partial charge in [0.05, 0.1) is 6.61 Å². The minimum absolute atomic E-state index is 0.152. The number of aliphatic hydroxyl groups excluding tert-OH is 1. The Morgan fingerprint density at radius 1 is 1.31 bits per heavy atom. The molecule has 82 valence electrons. The van der Waals surface area contributed by atoms with Crippen molar-refractivity contribution in [2.45, 2.75) is 0 Å². The summed E-state index contributed by atoms with van der Waals surface area (Å²) in [6, 6.07) is 8.17. The van der Waals surface area contributed by atoms with E-state index in [4.69, 9.17) is 5.11 Å². The van der Waals surface area contributed by atoms with E-state index in [0.29, 0.717) is 6.54 Å². The zero-order valence-corrected chi connectivity index (χ0v) is 9.13. The molecule has 0 amide bonds. The van der Waals surface area contributed by atoms with Gasteiger partial charge in [0.25, 0.3) is 0 Å². The summed E-state index contributed by atoms with van der Waals surface area (Å²) in [6.07, 6.45) is 7.82. The zero-order valence-electron chi connectivity index (χ0n) is 9.13. The van der Waals surface area contributed by atoms with Crippen molar-refractivity contribution in [2.75, 3.05) is 18.1 Å². The molecule has 0 fully saturated rings. The normalized spacial score (nSPS) is 16.3. The number of aliphatic hydroxyl groups is 1. The molecule has 0 aromatic heterocycles. The number of benzene rings is 1. The molecule has 2 heteroatoms. The second kappa shape index (κ2) is 4.81. The molecule has 0 saturated heterocycles. The number of β-amino-alcohol motifs (C(OH)–C–C–N with tert-alkyl or cyclic N) is 1. The first-order valence-electron chi connectivity index (χ1n) is 5.34. The fourth-order valence-electron chi connectivity index (χ4n) is 1.88. The Labute approximate surface area is 95.8 Å². The Bertz CT molecular complexity index is 446. The summed E-state index contributed by atoms with van der Waals surface area (Å²) in [4.78, 5) is 2.05. The number of fused-ring (bicyclic) bond motifs is 1. The van der Waals surface area contributed by atoms with Gasteiger partial charge in [0.1, 0.15) is 0 Å². The molecule has 0 atom stereocenters. The van der Waals surface area contributed by atoms with Gasteiger partial charge in [-0.2, -0.15) is 0 Å². The molecule has 16 heavy (non-hydrogen) atoms. The Morgan fingerprint density at radius 2 is 2.12 bits per heavy atom. The minimum Gasteiger partial charge on any atom is -0.395 e. The highest BCUT2D eigenvalue weighted by Gasteiger charge is 2.14. The molecular weight excluding hydrogens is 198 g/mol. The lowest BCUT2D eigenvalue weighted by Crippen LogP contribution is -2.23. The van der Waals surface area contributed by atoms with Gasteiger partial charge in [0.2, 0.25) is 0 Å². The van der Waals surface area contributed by atoms with E-state index >= 15 is 0 Å². The van der Waals surface area contributed by atoms with Gasteiger partial charge in [-0.3, -0.25) is 0 Å². The van der Waals surface area contributed by atoms with Gasteiger partial charge in [-0.05, 0) is 17.7 Å². The van der Waals surface area contributed by atoms with Gasteiger partial charge >= 0.3 is 0 Å². The number of hydrogen-bond donors (Lipinski definition) is 1. The van der Waals surface area contributed by atoms with Crippen molar-refractivity contribution in [2.24, 2.45) is 0 Å². The average molecular weight is 213 g/mol. The Balaban J connectivity index is 2.45. The SMILES string of the molecule is C=C/C=C1\C=CN(CCO)c2ccccc21. The number of nitrogens with zero attached hydrogens (tertiary/aromatic N) is 1. The third-order valence-corrected chi connectivity index (χ3v) is 2.60. The number of allylic oxidation sites excluding steroid dienone is 4. The molecular formula is C14H15NO. The molecule has 0 spiro atoms. The summed E-state index contributed by atoms with van der Waals surface area (Å²) in [5, 5.41) is 9.01. The van der Waals surface area contributed by atoms with E-state index in [1.807, 2.05) is 30.5 Å². The van der Waals surface area contributed by atoms with E-state index in [1.165, 1.54) is 5.56 Å². The quantitative estimate of drug-likeness (QED) is 0.834. The molecule has 2 rings (SSSR count). The Kier molecular flexibility index (Phi) is 3.22. The smallest absolute Gasteiger partial charge is 0.0610 e. The van der Waals surface area contributed by atoms with E-state index < -0.39 is 0 Å². The van der Waals surface area contributed by atoms with E-state index in [9.17, 15) is 0 Å². The van der Waals surface area contributed by atoms with Crippen LogP contribution in [-0.4, -0.2) is 18.3 Å². The summed E-state index contributed by atoms with van der Waals surface area (Å²) in [5.41, 5.74) is 3.46. The summed E-state index contributed by atoms with van der Waals surface area (Å²) in [6.45, 7) is 4.49. The molecule has 0 aliphatic carbocycles. The Hall–Kier alpha value is -1.80. The molecule has 1 aromatic rings. The van der Waals surface area contributed by atoms with Crippen molar-refractivity contribution in [3.63, 3.8) is 0 Å². The first kappa shape index (κ1) is 10.7. The van der Waals surface area contributed by atoms with Crippen LogP contribution in [0.5, 0.6) is 0 Å². The molecule has 0 saturated carbocycles. The zero-order chi connectivity index (χ0) is 11.4. The number of hydrogen-bond acceptors (Lipinski definition) is 2. The lowest BCUT2D eigenvalue weighted by molar-refractivity contribution is 0.305. The maximum atomic E-state index is 9.01. The van der Waals surface area contributed by atoms with Crippen molar-refractivity contribution in [1.29, 1.82) is 0 Å². The van der Waals surface area contributed by atoms with Gasteiger partial charge in [-0.15, -0.1) is 0 Å². The molecule has 1 aliphatic rings. The van der Waals surface area contributed by atoms with Crippen LogP contribution in [0.2, 0.25) is 0 Å². The average Bonchev–Trinajstić information content (AvgIpc) is 2.33. The molecule has 1 aliphatic heterocycles. The second-order valence-corrected chi connectivity index (χ2v) is 3.61. The molecule has 1 heterocycles. The van der Waals surface area contributed by atoms with Crippen LogP contribution in [0.4, 0.5) is 5.69 Å². The van der Waals surface area contributed by atoms with Gasteiger partial charge < -0.3 is 10.0 Å². The first-order chi connectivity index (χ1) is 7.86. The van der Waals surface area contributed by atoms with Crippen LogP contribution in [-0.2, 0) is 0 Å². The van der Waals surface area contributed by atoms with E-state index in [0.717, 1.165) is 11.3 Å². The largest absolute Gasteiger partial charge is 0.395 e. The monoisotopic (exact) mass is 213 g/mol. The third-order valence-electron chi connectivity index (χ3n) is 2.60. The first-order valence-corrected chi connectivity index (χ1v) is 5.34. The maximum absolute atomic E-state index is 9.01. The molecule has 0 radical (unpaired) electrons. The minimum atomic E-state index is 0.152. The van der Waals surface area contributed by atoms with Crippen LogP contribution in [0, 0.1) is 0 Å². The lowest BCUT2D eigenvalue weighted by Gasteiger charge is -2.26. The van der Waals surface area contributed by atoms with Gasteiger partial charge in [-0.25, -0.2) is 0 Å². The van der Waals surface area contributed by atoms with Gasteiger partial charge in [0.15, 0.2) is 0 Å². The van der Waals surface area contributed by atoms with Crippen LogP contribution >= 0.6 is 0 Å². The second-order valence-electron chi connectivity index (χ2n) is 3.61. The van der Waals surface area contributed by atoms with Crippen LogP contribution in [0.1, 0.15) is 5.56 Å². The number of rotatable bonds is 3. The topological polar surface area (TPSA) is 23.5 Å². The molecule has 1 aromatic carbocycles. The summed E-state index contributed by atoms with van der Waals surface area (Å²) >= 11 is 0. The van der Waals surface area contributed by atoms with Crippen molar-refractivity contribution in [3.05, 3.63) is 60.8 Å². The molecule has 2 nitrogen and oxygen atoms in total. The summed E-state index contributed by atoms with van der Waals surface area (Å²) in [7, 11) is 0. The van der Waals surface area contributed by atoms with Crippen LogP contribution < -0.4 is 4.90 Å². The lowest BCUT2D eigenvalue weighted by atomic mass is 9.99. The number of anilines is 1. The van der Waals surface area contributed by atoms with Crippen molar-refractivity contribution in [3.8, 4) is 0 Å². The molecule has 0 bridgehead atoms. The van der Waals surface area contributed by atoms with Crippen molar-refractivity contribution >= 4 is 11.3 Å². The van der Waals surface area contributed by atoms with E-state index in [1.54, 1.807) is 6.08 Å². The van der Waals surface area contributed by atoms with Crippen molar-refractivity contribution in [1.82, 2.24) is 0 Å².